The Morgan fingerprint density at radius 3 is 2.23 bits per heavy atom. The summed E-state index contributed by atoms with van der Waals surface area (Å²) >= 11 is 1.60. The number of thioether (sulfide) groups is 1. The molecule has 0 spiro atoms. The average molecular weight is 396 g/mol. The molecule has 6 heteroatoms. The van der Waals surface area contributed by atoms with Gasteiger partial charge in [0.05, 0.1) is 17.3 Å². The summed E-state index contributed by atoms with van der Waals surface area (Å²) in [6.45, 7) is 6.26. The number of nitrogens with zero attached hydrogens (tertiary/aromatic N) is 1. The van der Waals surface area contributed by atoms with E-state index in [9.17, 15) is 13.2 Å². The van der Waals surface area contributed by atoms with Crippen LogP contribution in [-0.4, -0.2) is 48.6 Å². The van der Waals surface area contributed by atoms with Crippen LogP contribution in [0.15, 0.2) is 17.0 Å². The van der Waals surface area contributed by atoms with Gasteiger partial charge >= 0.3 is 0 Å². The number of hydrogen-bond acceptors (Lipinski definition) is 4. The van der Waals surface area contributed by atoms with Gasteiger partial charge in [0, 0.05) is 17.0 Å². The van der Waals surface area contributed by atoms with Crippen LogP contribution in [0, 0.1) is 20.8 Å². The van der Waals surface area contributed by atoms with Crippen molar-refractivity contribution in [2.75, 3.05) is 17.3 Å². The second-order valence-electron chi connectivity index (χ2n) is 7.81. The van der Waals surface area contributed by atoms with Crippen molar-refractivity contribution in [2.24, 2.45) is 0 Å². The molecule has 2 fully saturated rings. The molecule has 0 N–H and O–H groups in total. The molecule has 1 aliphatic carbocycles. The zero-order valence-corrected chi connectivity index (χ0v) is 17.6. The molecule has 3 rings (SSSR count). The van der Waals surface area contributed by atoms with E-state index < -0.39 is 9.84 Å². The van der Waals surface area contributed by atoms with E-state index in [0.29, 0.717) is 12.2 Å². The predicted octanol–water partition coefficient (Wildman–Crippen LogP) is 3.66. The average Bonchev–Trinajstić information content (AvgIpc) is 3.16. The molecular formula is C20H29NO3S2. The quantitative estimate of drug-likeness (QED) is 0.714. The van der Waals surface area contributed by atoms with Crippen LogP contribution in [0.2, 0.25) is 0 Å². The summed E-state index contributed by atoms with van der Waals surface area (Å²) in [4.78, 5) is 16.2. The maximum atomic E-state index is 13.1. The Morgan fingerprint density at radius 2 is 1.69 bits per heavy atom. The zero-order valence-electron chi connectivity index (χ0n) is 16.0. The lowest BCUT2D eigenvalue weighted by Gasteiger charge is -2.34. The van der Waals surface area contributed by atoms with Gasteiger partial charge in [0.15, 0.2) is 9.84 Å². The van der Waals surface area contributed by atoms with E-state index in [2.05, 4.69) is 32.9 Å². The van der Waals surface area contributed by atoms with Gasteiger partial charge in [0.1, 0.15) is 0 Å². The van der Waals surface area contributed by atoms with Crippen LogP contribution in [0.1, 0.15) is 48.8 Å². The molecule has 1 aromatic rings. The van der Waals surface area contributed by atoms with E-state index in [-0.39, 0.29) is 29.5 Å². The van der Waals surface area contributed by atoms with Crippen LogP contribution in [0.25, 0.3) is 0 Å². The summed E-state index contributed by atoms with van der Waals surface area (Å²) in [6.07, 6.45) is 4.89. The van der Waals surface area contributed by atoms with Gasteiger partial charge < -0.3 is 4.90 Å². The molecule has 0 aromatic heterocycles. The van der Waals surface area contributed by atoms with Crippen molar-refractivity contribution in [1.82, 2.24) is 4.90 Å². The first-order chi connectivity index (χ1) is 12.3. The summed E-state index contributed by atoms with van der Waals surface area (Å²) < 4.78 is 23.9. The van der Waals surface area contributed by atoms with Gasteiger partial charge in [-0.3, -0.25) is 4.79 Å². The lowest BCUT2D eigenvalue weighted by molar-refractivity contribution is -0.132. The van der Waals surface area contributed by atoms with Gasteiger partial charge in [-0.1, -0.05) is 30.5 Å². The first-order valence-electron chi connectivity index (χ1n) is 9.49. The molecular weight excluding hydrogens is 366 g/mol. The Labute approximate surface area is 161 Å². The van der Waals surface area contributed by atoms with Crippen LogP contribution in [0.4, 0.5) is 0 Å². The SMILES string of the molecule is Cc1cc(C)c(SCC(=O)N(C2CCCC2)C2CCS(=O)(=O)C2)c(C)c1. The van der Waals surface area contributed by atoms with Gasteiger partial charge in [-0.2, -0.15) is 0 Å². The minimum atomic E-state index is -2.99. The number of sulfone groups is 1. The van der Waals surface area contributed by atoms with Gasteiger partial charge in [-0.15, -0.1) is 11.8 Å². The van der Waals surface area contributed by atoms with E-state index in [1.165, 1.54) is 21.6 Å². The number of hydrogen-bond donors (Lipinski definition) is 0. The molecule has 144 valence electrons. The summed E-state index contributed by atoms with van der Waals surface area (Å²) in [5.41, 5.74) is 3.65. The topological polar surface area (TPSA) is 54.5 Å². The summed E-state index contributed by atoms with van der Waals surface area (Å²) in [5, 5.41) is 0. The standard InChI is InChI=1S/C20H29NO3S2/c1-14-10-15(2)20(16(3)11-14)25-12-19(22)21(17-6-4-5-7-17)18-8-9-26(23,24)13-18/h10-11,17-18H,4-9,12-13H2,1-3H3. The normalized spacial score (nSPS) is 22.7. The van der Waals surface area contributed by atoms with Crippen LogP contribution in [0.3, 0.4) is 0 Å². The Bertz CT molecular complexity index is 759. The number of carbonyl (C=O) groups excluding carboxylic acids is 1. The molecule has 1 aromatic carbocycles. The lowest BCUT2D eigenvalue weighted by Crippen LogP contribution is -2.47. The summed E-state index contributed by atoms with van der Waals surface area (Å²) in [7, 11) is -2.99. The monoisotopic (exact) mass is 395 g/mol. The minimum absolute atomic E-state index is 0.100. The molecule has 1 saturated carbocycles. The van der Waals surface area contributed by atoms with Gasteiger partial charge in [0.25, 0.3) is 0 Å². The Morgan fingerprint density at radius 1 is 1.08 bits per heavy atom. The number of amides is 1. The smallest absolute Gasteiger partial charge is 0.233 e. The van der Waals surface area contributed by atoms with Crippen molar-refractivity contribution in [2.45, 2.75) is 69.9 Å². The highest BCUT2D eigenvalue weighted by atomic mass is 32.2. The fourth-order valence-corrected chi connectivity index (χ4v) is 7.19. The lowest BCUT2D eigenvalue weighted by atomic mass is 10.1. The molecule has 0 bridgehead atoms. The van der Waals surface area contributed by atoms with Crippen molar-refractivity contribution >= 4 is 27.5 Å². The summed E-state index contributed by atoms with van der Waals surface area (Å²) in [6, 6.07) is 4.40. The van der Waals surface area contributed by atoms with Crippen LogP contribution < -0.4 is 0 Å². The maximum absolute atomic E-state index is 13.1. The first kappa shape index (κ1) is 19.7. The van der Waals surface area contributed by atoms with E-state index in [1.54, 1.807) is 11.8 Å². The number of benzene rings is 1. The molecule has 1 saturated heterocycles. The van der Waals surface area contributed by atoms with Crippen LogP contribution >= 0.6 is 11.8 Å². The van der Waals surface area contributed by atoms with Gasteiger partial charge in [-0.25, -0.2) is 8.42 Å². The minimum Gasteiger partial charge on any atom is -0.335 e. The van der Waals surface area contributed by atoms with E-state index in [4.69, 9.17) is 0 Å². The van der Waals surface area contributed by atoms with Crippen molar-refractivity contribution in [3.63, 3.8) is 0 Å². The second kappa shape index (κ2) is 7.93. The highest BCUT2D eigenvalue weighted by Crippen LogP contribution is 2.32. The third kappa shape index (κ3) is 4.45. The number of rotatable bonds is 5. The molecule has 4 nitrogen and oxygen atoms in total. The third-order valence-corrected chi connectivity index (χ3v) is 8.63. The van der Waals surface area contributed by atoms with E-state index >= 15 is 0 Å². The molecule has 1 unspecified atom stereocenters. The van der Waals surface area contributed by atoms with E-state index in [0.717, 1.165) is 25.7 Å². The molecule has 1 atom stereocenters. The first-order valence-corrected chi connectivity index (χ1v) is 12.3. The fraction of sp³-hybridized carbons (Fsp3) is 0.650. The number of aryl methyl sites for hydroxylation is 3. The van der Waals surface area contributed by atoms with Crippen LogP contribution in [-0.2, 0) is 14.6 Å². The van der Waals surface area contributed by atoms with Crippen molar-refractivity contribution < 1.29 is 13.2 Å². The highest BCUT2D eigenvalue weighted by Gasteiger charge is 2.38. The fourth-order valence-electron chi connectivity index (χ4n) is 4.49. The van der Waals surface area contributed by atoms with Gasteiger partial charge in [-0.05, 0) is 51.2 Å². The highest BCUT2D eigenvalue weighted by molar-refractivity contribution is 8.00. The predicted molar refractivity (Wildman–Crippen MR) is 108 cm³/mol. The third-order valence-electron chi connectivity index (χ3n) is 5.55. The molecule has 1 amide bonds. The molecule has 2 aliphatic rings. The molecule has 1 heterocycles. The van der Waals surface area contributed by atoms with Crippen molar-refractivity contribution in [3.05, 3.63) is 28.8 Å². The molecule has 26 heavy (non-hydrogen) atoms. The molecule has 1 aliphatic heterocycles. The Hall–Kier alpha value is -1.01. The maximum Gasteiger partial charge on any atom is 0.233 e. The summed E-state index contributed by atoms with van der Waals surface area (Å²) in [5.74, 6) is 0.848. The Kier molecular flexibility index (Phi) is 6.02. The Balaban J connectivity index is 1.74. The van der Waals surface area contributed by atoms with Crippen molar-refractivity contribution in [3.8, 4) is 0 Å². The van der Waals surface area contributed by atoms with Crippen molar-refractivity contribution in [1.29, 1.82) is 0 Å². The van der Waals surface area contributed by atoms with E-state index in [1.807, 2.05) is 4.90 Å². The largest absolute Gasteiger partial charge is 0.335 e. The second-order valence-corrected chi connectivity index (χ2v) is 11.0. The van der Waals surface area contributed by atoms with Crippen LogP contribution in [0.5, 0.6) is 0 Å². The van der Waals surface area contributed by atoms with Gasteiger partial charge in [0.2, 0.25) is 5.91 Å². The molecule has 0 radical (unpaired) electrons. The zero-order chi connectivity index (χ0) is 18.9. The number of carbonyl (C=O) groups is 1.